The number of esters is 1. The molecule has 1 aromatic carbocycles. The van der Waals surface area contributed by atoms with E-state index >= 15 is 0 Å². The number of carbonyl (C=O) groups excluding carboxylic acids is 3. The van der Waals surface area contributed by atoms with Gasteiger partial charge in [-0.15, -0.1) is 0 Å². The summed E-state index contributed by atoms with van der Waals surface area (Å²) in [6.45, 7) is 6.80. The summed E-state index contributed by atoms with van der Waals surface area (Å²) in [5.41, 5.74) is 1.68. The van der Waals surface area contributed by atoms with Crippen LogP contribution >= 0.6 is 0 Å². The standard InChI is InChI=1S/C27H35N3O5/c1-27(2,3)29-19-10-11-22(20(15-19)26(33)34-4)30-13-12-21(25(30)32)28-24(31)23-14-18(16-35-23)17-8-6-5-7-9-17/h5-9,14,16,19-22,29H,10-13,15H2,1-4H3,(H,28,31)/t19?,20?,21-,22?/m0/s1. The van der Waals surface area contributed by atoms with Crippen molar-refractivity contribution in [3.8, 4) is 11.1 Å². The lowest BCUT2D eigenvalue weighted by Gasteiger charge is -2.41. The number of hydrogen-bond donors (Lipinski definition) is 2. The van der Waals surface area contributed by atoms with Gasteiger partial charge in [0.1, 0.15) is 6.04 Å². The summed E-state index contributed by atoms with van der Waals surface area (Å²) in [6, 6.07) is 10.6. The average molecular weight is 482 g/mol. The fourth-order valence-electron chi connectivity index (χ4n) is 5.31. The zero-order chi connectivity index (χ0) is 25.2. The summed E-state index contributed by atoms with van der Waals surface area (Å²) in [4.78, 5) is 40.5. The number of furan rings is 1. The summed E-state index contributed by atoms with van der Waals surface area (Å²) in [5, 5.41) is 6.40. The van der Waals surface area contributed by atoms with Crippen molar-refractivity contribution in [3.05, 3.63) is 48.4 Å². The molecule has 8 heteroatoms. The summed E-state index contributed by atoms with van der Waals surface area (Å²) in [6.07, 6.45) is 4.22. The third-order valence-corrected chi connectivity index (χ3v) is 6.83. The van der Waals surface area contributed by atoms with Crippen LogP contribution in [0.25, 0.3) is 11.1 Å². The molecular formula is C27H35N3O5. The van der Waals surface area contributed by atoms with Gasteiger partial charge in [-0.25, -0.2) is 0 Å². The fourth-order valence-corrected chi connectivity index (χ4v) is 5.31. The Hall–Kier alpha value is -3.13. The minimum absolute atomic E-state index is 0.0662. The van der Waals surface area contributed by atoms with Gasteiger partial charge in [0.05, 0.1) is 19.3 Å². The summed E-state index contributed by atoms with van der Waals surface area (Å²) < 4.78 is 10.6. The van der Waals surface area contributed by atoms with E-state index in [1.165, 1.54) is 13.4 Å². The zero-order valence-corrected chi connectivity index (χ0v) is 20.9. The molecule has 1 aliphatic heterocycles. The van der Waals surface area contributed by atoms with E-state index in [1.54, 1.807) is 11.0 Å². The highest BCUT2D eigenvalue weighted by molar-refractivity contribution is 5.97. The molecule has 35 heavy (non-hydrogen) atoms. The Morgan fingerprint density at radius 2 is 1.83 bits per heavy atom. The Labute approximate surface area is 206 Å². The van der Waals surface area contributed by atoms with Crippen LogP contribution < -0.4 is 10.6 Å². The van der Waals surface area contributed by atoms with Gasteiger partial charge >= 0.3 is 5.97 Å². The zero-order valence-electron chi connectivity index (χ0n) is 20.9. The van der Waals surface area contributed by atoms with Gasteiger partial charge in [0.2, 0.25) is 5.91 Å². The maximum Gasteiger partial charge on any atom is 0.310 e. The Balaban J connectivity index is 1.41. The van der Waals surface area contributed by atoms with Gasteiger partial charge in [0.15, 0.2) is 5.76 Å². The molecule has 0 radical (unpaired) electrons. The molecule has 4 rings (SSSR count). The van der Waals surface area contributed by atoms with Crippen molar-refractivity contribution in [2.24, 2.45) is 5.92 Å². The SMILES string of the molecule is COC(=O)C1CC(NC(C)(C)C)CCC1N1CC[C@H](NC(=O)c2cc(-c3ccccc3)co2)C1=O. The third kappa shape index (κ3) is 5.75. The molecule has 2 N–H and O–H groups in total. The van der Waals surface area contributed by atoms with Crippen LogP contribution in [0, 0.1) is 5.92 Å². The van der Waals surface area contributed by atoms with Gasteiger partial charge in [0.25, 0.3) is 5.91 Å². The van der Waals surface area contributed by atoms with Gasteiger partial charge in [-0.2, -0.15) is 0 Å². The molecule has 0 spiro atoms. The molecule has 2 aliphatic rings. The van der Waals surface area contributed by atoms with E-state index in [2.05, 4.69) is 31.4 Å². The molecule has 4 atom stereocenters. The molecule has 1 saturated carbocycles. The number of likely N-dealkylation sites (tertiary alicyclic amines) is 1. The minimum Gasteiger partial charge on any atom is -0.469 e. The lowest BCUT2D eigenvalue weighted by molar-refractivity contribution is -0.151. The van der Waals surface area contributed by atoms with Crippen molar-refractivity contribution in [2.45, 2.75) is 70.1 Å². The molecule has 1 aliphatic carbocycles. The van der Waals surface area contributed by atoms with Gasteiger partial charge in [-0.05, 0) is 58.1 Å². The first-order chi connectivity index (χ1) is 16.7. The molecule has 2 fully saturated rings. The van der Waals surface area contributed by atoms with E-state index in [1.807, 2.05) is 30.3 Å². The largest absolute Gasteiger partial charge is 0.469 e. The molecule has 1 saturated heterocycles. The van der Waals surface area contributed by atoms with Crippen molar-refractivity contribution in [3.63, 3.8) is 0 Å². The third-order valence-electron chi connectivity index (χ3n) is 6.83. The summed E-state index contributed by atoms with van der Waals surface area (Å²) >= 11 is 0. The number of amides is 2. The predicted octanol–water partition coefficient (Wildman–Crippen LogP) is 3.38. The van der Waals surface area contributed by atoms with Gasteiger partial charge in [0, 0.05) is 29.7 Å². The molecule has 8 nitrogen and oxygen atoms in total. The topological polar surface area (TPSA) is 101 Å². The molecule has 188 valence electrons. The normalized spacial score (nSPS) is 24.9. The van der Waals surface area contributed by atoms with Crippen molar-refractivity contribution < 1.29 is 23.5 Å². The van der Waals surface area contributed by atoms with Gasteiger partial charge in [-0.1, -0.05) is 30.3 Å². The van der Waals surface area contributed by atoms with Crippen molar-refractivity contribution in [2.75, 3.05) is 13.7 Å². The minimum atomic E-state index is -0.642. The van der Waals surface area contributed by atoms with Crippen LogP contribution in [0.5, 0.6) is 0 Å². The number of benzene rings is 1. The van der Waals surface area contributed by atoms with E-state index in [0.29, 0.717) is 25.8 Å². The van der Waals surface area contributed by atoms with E-state index in [9.17, 15) is 14.4 Å². The van der Waals surface area contributed by atoms with Crippen LogP contribution in [-0.2, 0) is 14.3 Å². The van der Waals surface area contributed by atoms with Crippen LogP contribution in [0.15, 0.2) is 47.1 Å². The number of rotatable bonds is 6. The first kappa shape index (κ1) is 25.0. The average Bonchev–Trinajstić information content (AvgIpc) is 3.46. The maximum atomic E-state index is 13.3. The molecular weight excluding hydrogens is 446 g/mol. The number of nitrogens with one attached hydrogen (secondary N) is 2. The lowest BCUT2D eigenvalue weighted by atomic mass is 9.80. The Bertz CT molecular complexity index is 1060. The Kier molecular flexibility index (Phi) is 7.31. The number of nitrogens with zero attached hydrogens (tertiary/aromatic N) is 1. The molecule has 0 bridgehead atoms. The van der Waals surface area contributed by atoms with Crippen LogP contribution in [0.1, 0.15) is 57.0 Å². The highest BCUT2D eigenvalue weighted by Gasteiger charge is 2.45. The van der Waals surface area contributed by atoms with Crippen LogP contribution in [0.3, 0.4) is 0 Å². The number of methoxy groups -OCH3 is 1. The Morgan fingerprint density at radius 3 is 2.51 bits per heavy atom. The second-order valence-electron chi connectivity index (χ2n) is 10.5. The number of hydrogen-bond acceptors (Lipinski definition) is 6. The first-order valence-electron chi connectivity index (χ1n) is 12.3. The second-order valence-corrected chi connectivity index (χ2v) is 10.5. The number of ether oxygens (including phenoxy) is 1. The fraction of sp³-hybridized carbons (Fsp3) is 0.519. The molecule has 2 aromatic rings. The summed E-state index contributed by atoms with van der Waals surface area (Å²) in [5.74, 6) is -1.11. The van der Waals surface area contributed by atoms with E-state index in [4.69, 9.17) is 9.15 Å². The van der Waals surface area contributed by atoms with Crippen LogP contribution in [-0.4, -0.2) is 60.0 Å². The first-order valence-corrected chi connectivity index (χ1v) is 12.3. The van der Waals surface area contributed by atoms with Gasteiger partial charge in [-0.3, -0.25) is 14.4 Å². The smallest absolute Gasteiger partial charge is 0.310 e. The van der Waals surface area contributed by atoms with Gasteiger partial charge < -0.3 is 24.7 Å². The van der Waals surface area contributed by atoms with E-state index < -0.39 is 17.9 Å². The molecule has 1 aromatic heterocycles. The van der Waals surface area contributed by atoms with E-state index in [0.717, 1.165) is 17.5 Å². The molecule has 2 amide bonds. The van der Waals surface area contributed by atoms with Crippen LogP contribution in [0.2, 0.25) is 0 Å². The lowest BCUT2D eigenvalue weighted by Crippen LogP contribution is -2.55. The summed E-state index contributed by atoms with van der Waals surface area (Å²) in [7, 11) is 1.39. The predicted molar refractivity (Wildman–Crippen MR) is 132 cm³/mol. The second kappa shape index (κ2) is 10.2. The van der Waals surface area contributed by atoms with Crippen molar-refractivity contribution in [1.82, 2.24) is 15.5 Å². The highest BCUT2D eigenvalue weighted by Crippen LogP contribution is 2.33. The molecule has 3 unspecified atom stereocenters. The van der Waals surface area contributed by atoms with E-state index in [-0.39, 0.29) is 35.3 Å². The monoisotopic (exact) mass is 481 g/mol. The Morgan fingerprint density at radius 1 is 1.09 bits per heavy atom. The maximum absolute atomic E-state index is 13.3. The highest BCUT2D eigenvalue weighted by atomic mass is 16.5. The van der Waals surface area contributed by atoms with Crippen LogP contribution in [0.4, 0.5) is 0 Å². The quantitative estimate of drug-likeness (QED) is 0.614. The van der Waals surface area contributed by atoms with Crippen molar-refractivity contribution >= 4 is 17.8 Å². The molecule has 2 heterocycles. The number of carbonyl (C=O) groups is 3. The van der Waals surface area contributed by atoms with Crippen molar-refractivity contribution in [1.29, 1.82) is 0 Å².